The Hall–Kier alpha value is -2.22. The molecule has 0 radical (unpaired) electrons. The molecule has 110 valence electrons. The predicted octanol–water partition coefficient (Wildman–Crippen LogP) is -1.52. The van der Waals surface area contributed by atoms with Gasteiger partial charge in [0.15, 0.2) is 6.04 Å². The van der Waals surface area contributed by atoms with Crippen molar-refractivity contribution < 1.29 is 10.5 Å². The van der Waals surface area contributed by atoms with Crippen molar-refractivity contribution in [2.75, 3.05) is 0 Å². The van der Waals surface area contributed by atoms with Crippen LogP contribution < -0.4 is 22.4 Å². The monoisotopic (exact) mass is 282 g/mol. The highest BCUT2D eigenvalue weighted by molar-refractivity contribution is 5.84. The Morgan fingerprint density at radius 2 is 2.10 bits per heavy atom. The fourth-order valence-electron chi connectivity index (χ4n) is 1.55. The molecule has 0 aliphatic rings. The Balaban J connectivity index is 2.78. The molecular weight excluding hydrogens is 262 g/mol. The number of nitrogens with zero attached hydrogens (tertiary/aromatic N) is 1. The molecule has 0 saturated heterocycles. The third-order valence-electron chi connectivity index (χ3n) is 3.21. The molecule has 0 unspecified atom stereocenters. The fourth-order valence-corrected chi connectivity index (χ4v) is 1.55. The molecule has 0 bridgehead atoms. The van der Waals surface area contributed by atoms with E-state index in [4.69, 9.17) is 0 Å². The lowest BCUT2D eigenvalue weighted by atomic mass is 10.00. The number of aromatic amines is 2. The third kappa shape index (κ3) is 3.89. The number of nitrogens with one attached hydrogen (secondary N) is 3. The summed E-state index contributed by atoms with van der Waals surface area (Å²) in [6, 6.07) is -0.410. The first-order valence-corrected chi connectivity index (χ1v) is 6.36. The molecule has 1 rings (SSSR count). The summed E-state index contributed by atoms with van der Waals surface area (Å²) in [7, 11) is 0. The number of H-pyrrole nitrogens is 2. The number of carbonyl (C=O) groups excluding carboxylic acids is 1. The lowest BCUT2D eigenvalue weighted by Crippen LogP contribution is -2.69. The maximum absolute atomic E-state index is 11.7. The van der Waals surface area contributed by atoms with E-state index >= 15 is 0 Å². The Bertz CT molecular complexity index is 616. The Labute approximate surface area is 115 Å². The van der Waals surface area contributed by atoms with Gasteiger partial charge in [0.1, 0.15) is 0 Å². The van der Waals surface area contributed by atoms with Crippen molar-refractivity contribution >= 4 is 12.1 Å². The van der Waals surface area contributed by atoms with E-state index in [2.05, 4.69) is 26.2 Å². The van der Waals surface area contributed by atoms with Crippen LogP contribution in [0.4, 0.5) is 0 Å². The van der Waals surface area contributed by atoms with Crippen LogP contribution in [-0.2, 0) is 4.79 Å². The van der Waals surface area contributed by atoms with Gasteiger partial charge in [-0.05, 0) is 13.3 Å². The molecule has 8 nitrogen and oxygen atoms in total. The van der Waals surface area contributed by atoms with Crippen LogP contribution in [0.2, 0.25) is 0 Å². The van der Waals surface area contributed by atoms with Crippen LogP contribution in [0, 0.1) is 12.8 Å². The molecule has 1 heterocycles. The van der Waals surface area contributed by atoms with E-state index in [1.54, 1.807) is 6.92 Å². The van der Waals surface area contributed by atoms with Crippen LogP contribution in [0.15, 0.2) is 14.7 Å². The normalized spacial score (nSPS) is 14.2. The average molecular weight is 282 g/mol. The zero-order valence-electron chi connectivity index (χ0n) is 11.8. The molecule has 20 heavy (non-hydrogen) atoms. The molecule has 2 atom stereocenters. The molecule has 0 saturated carbocycles. The summed E-state index contributed by atoms with van der Waals surface area (Å²) in [5.74, 6) is -0.169. The lowest BCUT2D eigenvalue weighted by molar-refractivity contribution is -0.415. The largest absolute Gasteiger partial charge is 0.347 e. The van der Waals surface area contributed by atoms with Crippen LogP contribution in [-0.4, -0.2) is 28.1 Å². The van der Waals surface area contributed by atoms with Crippen molar-refractivity contribution in [3.63, 3.8) is 0 Å². The predicted molar refractivity (Wildman–Crippen MR) is 74.3 cm³/mol. The number of hydrogen-bond acceptors (Lipinski definition) is 4. The van der Waals surface area contributed by atoms with E-state index in [9.17, 15) is 14.4 Å². The van der Waals surface area contributed by atoms with Gasteiger partial charge in [0.05, 0.1) is 11.8 Å². The number of quaternary nitrogens is 1. The van der Waals surface area contributed by atoms with E-state index in [1.165, 1.54) is 6.21 Å². The van der Waals surface area contributed by atoms with E-state index in [0.717, 1.165) is 6.42 Å². The van der Waals surface area contributed by atoms with Crippen LogP contribution in [0.1, 0.15) is 31.5 Å². The van der Waals surface area contributed by atoms with Gasteiger partial charge in [-0.3, -0.25) is 14.6 Å². The minimum Gasteiger partial charge on any atom is -0.347 e. The summed E-state index contributed by atoms with van der Waals surface area (Å²) in [6.45, 7) is 5.48. The molecule has 0 fully saturated rings. The van der Waals surface area contributed by atoms with Crippen LogP contribution in [0.5, 0.6) is 0 Å². The van der Waals surface area contributed by atoms with Crippen LogP contribution in [0.3, 0.4) is 0 Å². The number of aromatic nitrogens is 2. The Kier molecular flexibility index (Phi) is 5.39. The summed E-state index contributed by atoms with van der Waals surface area (Å²) < 4.78 is 0. The van der Waals surface area contributed by atoms with Crippen molar-refractivity contribution in [2.24, 2.45) is 11.0 Å². The van der Waals surface area contributed by atoms with Gasteiger partial charge >= 0.3 is 5.69 Å². The fraction of sp³-hybridized carbons (Fsp3) is 0.500. The minimum atomic E-state index is -0.580. The first-order chi connectivity index (χ1) is 9.36. The second kappa shape index (κ2) is 6.80. The van der Waals surface area contributed by atoms with Gasteiger partial charge in [0.2, 0.25) is 0 Å². The molecule has 6 N–H and O–H groups in total. The number of hydrazone groups is 1. The Morgan fingerprint density at radius 1 is 1.45 bits per heavy atom. The van der Waals surface area contributed by atoms with Gasteiger partial charge in [-0.25, -0.2) is 10.2 Å². The highest BCUT2D eigenvalue weighted by atomic mass is 16.2. The summed E-state index contributed by atoms with van der Waals surface area (Å²) in [6.07, 6.45) is 2.04. The summed E-state index contributed by atoms with van der Waals surface area (Å²) >= 11 is 0. The summed E-state index contributed by atoms with van der Waals surface area (Å²) in [5, 5.41) is 3.72. The van der Waals surface area contributed by atoms with Gasteiger partial charge in [-0.15, -0.1) is 0 Å². The number of carbonyl (C=O) groups is 1. The quantitative estimate of drug-likeness (QED) is 0.385. The third-order valence-corrected chi connectivity index (χ3v) is 3.21. The second-order valence-electron chi connectivity index (χ2n) is 4.67. The first kappa shape index (κ1) is 15.8. The SMILES string of the molecule is CC[C@@H](C)[C@H]([NH3+])C(=O)N/N=C/c1c(C)[nH]c(=O)[nH]c1=O. The first-order valence-electron chi connectivity index (χ1n) is 6.36. The van der Waals surface area contributed by atoms with Gasteiger partial charge in [-0.1, -0.05) is 13.8 Å². The topological polar surface area (TPSA) is 135 Å². The highest BCUT2D eigenvalue weighted by Gasteiger charge is 2.22. The number of rotatable bonds is 5. The summed E-state index contributed by atoms with van der Waals surface area (Å²) in [5.41, 5.74) is 5.55. The minimum absolute atomic E-state index is 0.142. The zero-order valence-corrected chi connectivity index (χ0v) is 11.8. The number of amides is 1. The summed E-state index contributed by atoms with van der Waals surface area (Å²) in [4.78, 5) is 38.8. The van der Waals surface area contributed by atoms with Crippen molar-refractivity contribution in [1.29, 1.82) is 0 Å². The van der Waals surface area contributed by atoms with E-state index in [1.807, 2.05) is 13.8 Å². The molecule has 0 aliphatic carbocycles. The smallest absolute Gasteiger partial charge is 0.325 e. The molecule has 0 spiro atoms. The maximum Gasteiger partial charge on any atom is 0.325 e. The standard InChI is InChI=1S/C12H19N5O3/c1-4-6(2)9(13)11(19)17-14-5-8-7(3)15-12(20)16-10(8)18/h5-6,9H,4,13H2,1-3H3,(H,17,19)(H2,15,16,18,20)/p+1/b14-5+/t6-,9+/m1/s1. The molecule has 0 aliphatic heterocycles. The molecule has 1 aromatic heterocycles. The van der Waals surface area contributed by atoms with Gasteiger partial charge in [0, 0.05) is 11.6 Å². The lowest BCUT2D eigenvalue weighted by Gasteiger charge is -2.12. The number of aryl methyl sites for hydroxylation is 1. The molecule has 1 aromatic rings. The second-order valence-corrected chi connectivity index (χ2v) is 4.67. The molecule has 0 aromatic carbocycles. The van der Waals surface area contributed by atoms with Crippen molar-refractivity contribution in [3.05, 3.63) is 32.1 Å². The Morgan fingerprint density at radius 3 is 2.65 bits per heavy atom. The van der Waals surface area contributed by atoms with Crippen LogP contribution in [0.25, 0.3) is 0 Å². The van der Waals surface area contributed by atoms with E-state index in [-0.39, 0.29) is 17.4 Å². The van der Waals surface area contributed by atoms with Crippen molar-refractivity contribution in [1.82, 2.24) is 15.4 Å². The molecule has 1 amide bonds. The molecule has 8 heteroatoms. The van der Waals surface area contributed by atoms with E-state index < -0.39 is 17.3 Å². The number of hydrogen-bond donors (Lipinski definition) is 4. The highest BCUT2D eigenvalue weighted by Crippen LogP contribution is 2.03. The van der Waals surface area contributed by atoms with Gasteiger partial charge in [-0.2, -0.15) is 5.10 Å². The average Bonchev–Trinajstić information content (AvgIpc) is 2.39. The molecular formula is C12H20N5O3+. The van der Waals surface area contributed by atoms with Gasteiger partial charge in [0.25, 0.3) is 11.5 Å². The van der Waals surface area contributed by atoms with E-state index in [0.29, 0.717) is 5.69 Å². The van der Waals surface area contributed by atoms with Crippen molar-refractivity contribution in [2.45, 2.75) is 33.2 Å². The van der Waals surface area contributed by atoms with Gasteiger partial charge < -0.3 is 10.7 Å². The van der Waals surface area contributed by atoms with Crippen LogP contribution >= 0.6 is 0 Å². The van der Waals surface area contributed by atoms with Crippen molar-refractivity contribution in [3.8, 4) is 0 Å². The maximum atomic E-state index is 11.7. The zero-order chi connectivity index (χ0) is 15.3.